The van der Waals surface area contributed by atoms with E-state index in [1.165, 1.54) is 0 Å². The summed E-state index contributed by atoms with van der Waals surface area (Å²) in [5, 5.41) is 3.28. The second-order valence-electron chi connectivity index (χ2n) is 5.64. The average molecular weight is 347 g/mol. The number of rotatable bonds is 6. The van der Waals surface area contributed by atoms with Crippen LogP contribution in [0.2, 0.25) is 0 Å². The molecular formula is C21H21N3O2. The van der Waals surface area contributed by atoms with Gasteiger partial charge in [0, 0.05) is 24.1 Å². The number of carbonyl (C=O) groups excluding carboxylic acids is 1. The summed E-state index contributed by atoms with van der Waals surface area (Å²) in [5.41, 5.74) is 2.84. The minimum atomic E-state index is -0.137. The molecule has 0 aliphatic rings. The van der Waals surface area contributed by atoms with Crippen molar-refractivity contribution in [2.45, 2.75) is 6.92 Å². The fourth-order valence-electron chi connectivity index (χ4n) is 2.72. The monoisotopic (exact) mass is 347 g/mol. The van der Waals surface area contributed by atoms with Crippen LogP contribution in [0.1, 0.15) is 17.4 Å². The van der Waals surface area contributed by atoms with Crippen molar-refractivity contribution in [3.8, 4) is 5.75 Å². The third-order valence-corrected chi connectivity index (χ3v) is 3.99. The maximum absolute atomic E-state index is 12.9. The highest BCUT2D eigenvalue weighted by Gasteiger charge is 2.17. The summed E-state index contributed by atoms with van der Waals surface area (Å²) >= 11 is 0. The molecule has 0 aliphatic heterocycles. The van der Waals surface area contributed by atoms with Gasteiger partial charge in [-0.25, -0.2) is 0 Å². The van der Waals surface area contributed by atoms with E-state index in [2.05, 4.69) is 10.3 Å². The molecule has 5 nitrogen and oxygen atoms in total. The van der Waals surface area contributed by atoms with E-state index in [1.54, 1.807) is 24.3 Å². The SMILES string of the molecule is CCN(C(=O)c1cc(Nc2ccccc2OC)ccn1)c1ccccc1. The number of amides is 1. The summed E-state index contributed by atoms with van der Waals surface area (Å²) in [6.07, 6.45) is 1.63. The van der Waals surface area contributed by atoms with Gasteiger partial charge in [0.25, 0.3) is 5.91 Å². The first-order valence-electron chi connectivity index (χ1n) is 8.46. The highest BCUT2D eigenvalue weighted by atomic mass is 16.5. The van der Waals surface area contributed by atoms with Crippen LogP contribution in [0.3, 0.4) is 0 Å². The number of nitrogens with zero attached hydrogens (tertiary/aromatic N) is 2. The molecule has 0 atom stereocenters. The Hall–Kier alpha value is -3.34. The predicted octanol–water partition coefficient (Wildman–Crippen LogP) is 4.50. The minimum Gasteiger partial charge on any atom is -0.495 e. The molecule has 5 heteroatoms. The van der Waals surface area contributed by atoms with Crippen molar-refractivity contribution in [1.82, 2.24) is 4.98 Å². The first-order valence-corrected chi connectivity index (χ1v) is 8.46. The Kier molecular flexibility index (Phi) is 5.49. The molecular weight excluding hydrogens is 326 g/mol. The van der Waals surface area contributed by atoms with Crippen LogP contribution in [-0.2, 0) is 0 Å². The van der Waals surface area contributed by atoms with Crippen LogP contribution < -0.4 is 15.0 Å². The highest BCUT2D eigenvalue weighted by molar-refractivity contribution is 6.05. The van der Waals surface area contributed by atoms with Gasteiger partial charge >= 0.3 is 0 Å². The van der Waals surface area contributed by atoms with Crippen LogP contribution in [0.4, 0.5) is 17.1 Å². The van der Waals surface area contributed by atoms with Gasteiger partial charge in [-0.05, 0) is 43.3 Å². The normalized spacial score (nSPS) is 10.2. The van der Waals surface area contributed by atoms with Crippen molar-refractivity contribution in [2.75, 3.05) is 23.9 Å². The van der Waals surface area contributed by atoms with Crippen LogP contribution in [0.15, 0.2) is 72.9 Å². The first kappa shape index (κ1) is 17.5. The Morgan fingerprint density at radius 2 is 1.81 bits per heavy atom. The minimum absolute atomic E-state index is 0.137. The van der Waals surface area contributed by atoms with E-state index in [4.69, 9.17) is 4.74 Å². The molecule has 0 radical (unpaired) electrons. The van der Waals surface area contributed by atoms with Gasteiger partial charge in [-0.1, -0.05) is 30.3 Å². The number of hydrogen-bond acceptors (Lipinski definition) is 4. The molecule has 1 N–H and O–H groups in total. The summed E-state index contributed by atoms with van der Waals surface area (Å²) in [6, 6.07) is 20.8. The van der Waals surface area contributed by atoms with E-state index in [9.17, 15) is 4.79 Å². The van der Waals surface area contributed by atoms with Gasteiger partial charge in [0.1, 0.15) is 11.4 Å². The number of aromatic nitrogens is 1. The summed E-state index contributed by atoms with van der Waals surface area (Å²) in [4.78, 5) is 18.9. The molecule has 0 saturated heterocycles. The molecule has 3 rings (SSSR count). The van der Waals surface area contributed by atoms with Crippen LogP contribution in [0, 0.1) is 0 Å². The smallest absolute Gasteiger partial charge is 0.276 e. The van der Waals surface area contributed by atoms with E-state index in [1.807, 2.05) is 67.6 Å². The van der Waals surface area contributed by atoms with Gasteiger partial charge in [0.15, 0.2) is 0 Å². The molecule has 1 amide bonds. The van der Waals surface area contributed by atoms with E-state index < -0.39 is 0 Å². The molecule has 3 aromatic rings. The quantitative estimate of drug-likeness (QED) is 0.713. The number of carbonyl (C=O) groups is 1. The number of pyridine rings is 1. The first-order chi connectivity index (χ1) is 12.7. The summed E-state index contributed by atoms with van der Waals surface area (Å²) in [6.45, 7) is 2.51. The number of methoxy groups -OCH3 is 1. The molecule has 0 saturated carbocycles. The van der Waals surface area contributed by atoms with E-state index >= 15 is 0 Å². The summed E-state index contributed by atoms with van der Waals surface area (Å²) < 4.78 is 5.36. The number of ether oxygens (including phenoxy) is 1. The van der Waals surface area contributed by atoms with Crippen LogP contribution >= 0.6 is 0 Å². The highest BCUT2D eigenvalue weighted by Crippen LogP contribution is 2.27. The predicted molar refractivity (Wildman–Crippen MR) is 104 cm³/mol. The van der Waals surface area contributed by atoms with Gasteiger partial charge in [-0.15, -0.1) is 0 Å². The molecule has 0 unspecified atom stereocenters. The maximum Gasteiger partial charge on any atom is 0.276 e. The summed E-state index contributed by atoms with van der Waals surface area (Å²) in [5.74, 6) is 0.596. The van der Waals surface area contributed by atoms with Gasteiger partial charge in [0.05, 0.1) is 12.8 Å². The lowest BCUT2D eigenvalue weighted by Gasteiger charge is -2.21. The molecule has 26 heavy (non-hydrogen) atoms. The number of benzene rings is 2. The molecule has 0 aliphatic carbocycles. The Morgan fingerprint density at radius 3 is 2.54 bits per heavy atom. The third-order valence-electron chi connectivity index (χ3n) is 3.99. The van der Waals surface area contributed by atoms with Gasteiger partial charge in [-0.2, -0.15) is 0 Å². The van der Waals surface area contributed by atoms with Crippen LogP contribution in [0.25, 0.3) is 0 Å². The zero-order valence-corrected chi connectivity index (χ0v) is 14.8. The molecule has 1 heterocycles. The zero-order valence-electron chi connectivity index (χ0n) is 14.8. The van der Waals surface area contributed by atoms with Gasteiger partial charge in [0.2, 0.25) is 0 Å². The molecule has 2 aromatic carbocycles. The van der Waals surface area contributed by atoms with Crippen LogP contribution in [0.5, 0.6) is 5.75 Å². The number of hydrogen-bond donors (Lipinski definition) is 1. The lowest BCUT2D eigenvalue weighted by Crippen LogP contribution is -2.31. The molecule has 0 spiro atoms. The fraction of sp³-hybridized carbons (Fsp3) is 0.143. The van der Waals surface area contributed by atoms with E-state index in [0.29, 0.717) is 12.2 Å². The molecule has 1 aromatic heterocycles. The van der Waals surface area contributed by atoms with E-state index in [0.717, 1.165) is 22.8 Å². The largest absolute Gasteiger partial charge is 0.495 e. The third kappa shape index (κ3) is 3.83. The molecule has 0 fully saturated rings. The van der Waals surface area contributed by atoms with Crippen molar-refractivity contribution in [3.63, 3.8) is 0 Å². The number of anilines is 3. The topological polar surface area (TPSA) is 54.5 Å². The number of para-hydroxylation sites is 3. The van der Waals surface area contributed by atoms with Crippen molar-refractivity contribution in [2.24, 2.45) is 0 Å². The van der Waals surface area contributed by atoms with Crippen LogP contribution in [-0.4, -0.2) is 24.5 Å². The van der Waals surface area contributed by atoms with Gasteiger partial charge < -0.3 is 15.0 Å². The van der Waals surface area contributed by atoms with Crippen molar-refractivity contribution in [1.29, 1.82) is 0 Å². The Morgan fingerprint density at radius 1 is 1.08 bits per heavy atom. The molecule has 132 valence electrons. The Labute approximate surface area is 153 Å². The summed E-state index contributed by atoms with van der Waals surface area (Å²) in [7, 11) is 1.63. The Bertz CT molecular complexity index is 881. The molecule has 0 bridgehead atoms. The van der Waals surface area contributed by atoms with Crippen molar-refractivity contribution in [3.05, 3.63) is 78.6 Å². The Balaban J connectivity index is 1.85. The second kappa shape index (κ2) is 8.16. The van der Waals surface area contributed by atoms with Crippen molar-refractivity contribution >= 4 is 23.0 Å². The lowest BCUT2D eigenvalue weighted by molar-refractivity contribution is 0.0983. The van der Waals surface area contributed by atoms with Crippen molar-refractivity contribution < 1.29 is 9.53 Å². The average Bonchev–Trinajstić information content (AvgIpc) is 2.70. The number of nitrogens with one attached hydrogen (secondary N) is 1. The zero-order chi connectivity index (χ0) is 18.4. The standard InChI is InChI=1S/C21H21N3O2/c1-3-24(17-9-5-4-6-10-17)21(25)19-15-16(13-14-22-19)23-18-11-7-8-12-20(18)26-2/h4-15H,3H2,1-2H3,(H,22,23). The lowest BCUT2D eigenvalue weighted by atomic mass is 10.2. The fourth-order valence-corrected chi connectivity index (χ4v) is 2.72. The second-order valence-corrected chi connectivity index (χ2v) is 5.64. The maximum atomic E-state index is 12.9. The van der Waals surface area contributed by atoms with E-state index in [-0.39, 0.29) is 5.91 Å². The van der Waals surface area contributed by atoms with Gasteiger partial charge in [-0.3, -0.25) is 9.78 Å².